The maximum atomic E-state index is 12.6. The molecule has 0 fully saturated rings. The molecule has 0 unspecified atom stereocenters. The molecule has 3 aromatic rings. The van der Waals surface area contributed by atoms with Crippen LogP contribution in [0.15, 0.2) is 42.7 Å². The van der Waals surface area contributed by atoms with Crippen molar-refractivity contribution in [3.63, 3.8) is 0 Å². The quantitative estimate of drug-likeness (QED) is 0.556. The molecule has 2 amide bonds. The number of carbonyl (C=O) groups excluding carboxylic acids is 2. The monoisotopic (exact) mass is 439 g/mol. The molecule has 2 aromatic heterocycles. The Morgan fingerprint density at radius 3 is 2.19 bits per heavy atom. The molecule has 0 atom stereocenters. The van der Waals surface area contributed by atoms with Crippen molar-refractivity contribution in [3.05, 3.63) is 54.2 Å². The number of hydrogen-bond acceptors (Lipinski definition) is 5. The minimum Gasteiger partial charge on any atom is -0.477 e. The second kappa shape index (κ2) is 8.58. The fourth-order valence-corrected chi connectivity index (χ4v) is 3.01. The molecule has 0 aliphatic carbocycles. The number of nitrogens with one attached hydrogen (secondary N) is 2. The topological polar surface area (TPSA) is 127 Å². The number of imidazole rings is 1. The van der Waals surface area contributed by atoms with Crippen molar-refractivity contribution in [2.75, 3.05) is 10.6 Å². The highest BCUT2D eigenvalue weighted by Gasteiger charge is 2.19. The third-order valence-electron chi connectivity index (χ3n) is 4.41. The molecule has 3 N–H and O–H groups in total. The molecule has 2 heterocycles. The van der Waals surface area contributed by atoms with Crippen LogP contribution < -0.4 is 10.6 Å². The van der Waals surface area contributed by atoms with Crippen LogP contribution >= 0.6 is 0 Å². The molecule has 32 heavy (non-hydrogen) atoms. The number of carboxylic acid groups (broad SMARTS) is 1. The Morgan fingerprint density at radius 1 is 0.969 bits per heavy atom. The number of aromatic carboxylic acids is 1. The molecule has 10 heteroatoms. The van der Waals surface area contributed by atoms with Gasteiger partial charge in [-0.05, 0) is 44.5 Å². The predicted octanol–water partition coefficient (Wildman–Crippen LogP) is 3.72. The van der Waals surface area contributed by atoms with Crippen LogP contribution in [0.4, 0.5) is 16.3 Å². The van der Waals surface area contributed by atoms with E-state index < -0.39 is 23.6 Å². The van der Waals surface area contributed by atoms with Crippen LogP contribution in [-0.2, 0) is 18.8 Å². The van der Waals surface area contributed by atoms with Gasteiger partial charge >= 0.3 is 12.1 Å². The fraction of sp³-hybridized carbons (Fsp3) is 0.273. The molecule has 0 aliphatic rings. The van der Waals surface area contributed by atoms with Gasteiger partial charge in [-0.25, -0.2) is 14.6 Å². The molecule has 168 valence electrons. The average Bonchev–Trinajstić information content (AvgIpc) is 3.23. The number of aryl methyl sites for hydroxylation is 2. The van der Waals surface area contributed by atoms with Gasteiger partial charge < -0.3 is 24.3 Å². The molecule has 0 saturated heterocycles. The van der Waals surface area contributed by atoms with Crippen LogP contribution in [0.5, 0.6) is 0 Å². The number of rotatable bonds is 5. The number of aromatic nitrogens is 3. The van der Waals surface area contributed by atoms with E-state index in [0.29, 0.717) is 5.69 Å². The van der Waals surface area contributed by atoms with Gasteiger partial charge in [0.2, 0.25) is 5.82 Å². The van der Waals surface area contributed by atoms with Crippen molar-refractivity contribution >= 4 is 29.5 Å². The molecule has 10 nitrogen and oxygen atoms in total. The fourth-order valence-electron chi connectivity index (χ4n) is 3.01. The summed E-state index contributed by atoms with van der Waals surface area (Å²) < 4.78 is 8.22. The summed E-state index contributed by atoms with van der Waals surface area (Å²) in [6, 6.07) is 8.57. The van der Waals surface area contributed by atoms with Crippen molar-refractivity contribution in [1.29, 1.82) is 0 Å². The molecular formula is C22H25N5O5. The van der Waals surface area contributed by atoms with Crippen LogP contribution in [0.25, 0.3) is 11.1 Å². The first-order valence-electron chi connectivity index (χ1n) is 9.78. The number of anilines is 2. The Balaban J connectivity index is 1.68. The first-order valence-corrected chi connectivity index (χ1v) is 9.78. The van der Waals surface area contributed by atoms with E-state index >= 15 is 0 Å². The molecule has 0 radical (unpaired) electrons. The molecule has 0 bridgehead atoms. The molecule has 0 spiro atoms. The van der Waals surface area contributed by atoms with Gasteiger partial charge in [0, 0.05) is 37.7 Å². The number of ether oxygens (including phenoxy) is 1. The van der Waals surface area contributed by atoms with Gasteiger partial charge in [0.25, 0.3) is 5.91 Å². The highest BCUT2D eigenvalue weighted by atomic mass is 16.6. The minimum atomic E-state index is -1.00. The van der Waals surface area contributed by atoms with Crippen LogP contribution in [-0.4, -0.2) is 42.8 Å². The van der Waals surface area contributed by atoms with E-state index in [1.54, 1.807) is 71.4 Å². The number of carbonyl (C=O) groups is 3. The lowest BCUT2D eigenvalue weighted by atomic mass is 10.1. The van der Waals surface area contributed by atoms with Gasteiger partial charge in [0.1, 0.15) is 11.3 Å². The van der Waals surface area contributed by atoms with Gasteiger partial charge in [0.05, 0.1) is 0 Å². The SMILES string of the molecule is Cn1cc(-c2ccc(NC(=O)c3nc(NC(=O)OC(C)(C)C)cn3C)cc2)cc1C(=O)O. The maximum Gasteiger partial charge on any atom is 0.413 e. The van der Waals surface area contributed by atoms with E-state index in [-0.39, 0.29) is 17.3 Å². The van der Waals surface area contributed by atoms with E-state index in [4.69, 9.17) is 4.74 Å². The third kappa shape index (κ3) is 5.34. The summed E-state index contributed by atoms with van der Waals surface area (Å²) in [5.74, 6) is -1.15. The van der Waals surface area contributed by atoms with Crippen LogP contribution in [0, 0.1) is 0 Å². The zero-order valence-corrected chi connectivity index (χ0v) is 18.5. The van der Waals surface area contributed by atoms with Crippen molar-refractivity contribution < 1.29 is 24.2 Å². The standard InChI is InChI=1S/C22H25N5O5/c1-22(2,3)32-21(31)25-17-12-27(5)18(24-17)19(28)23-15-8-6-13(7-9-15)14-10-16(20(29)30)26(4)11-14/h6-12H,1-5H3,(H,23,28)(H,25,31)(H,29,30). The summed E-state index contributed by atoms with van der Waals surface area (Å²) in [4.78, 5) is 39.9. The second-order valence-corrected chi connectivity index (χ2v) is 8.25. The van der Waals surface area contributed by atoms with E-state index in [1.165, 1.54) is 15.3 Å². The van der Waals surface area contributed by atoms with E-state index in [2.05, 4.69) is 15.6 Å². The zero-order chi connectivity index (χ0) is 23.6. The average molecular weight is 439 g/mol. The summed E-state index contributed by atoms with van der Waals surface area (Å²) in [7, 11) is 3.31. The number of hydrogen-bond donors (Lipinski definition) is 3. The number of nitrogens with zero attached hydrogens (tertiary/aromatic N) is 3. The summed E-state index contributed by atoms with van der Waals surface area (Å²) >= 11 is 0. The number of benzene rings is 1. The Kier molecular flexibility index (Phi) is 6.06. The lowest BCUT2D eigenvalue weighted by Gasteiger charge is -2.18. The predicted molar refractivity (Wildman–Crippen MR) is 119 cm³/mol. The molecular weight excluding hydrogens is 414 g/mol. The lowest BCUT2D eigenvalue weighted by Crippen LogP contribution is -2.27. The van der Waals surface area contributed by atoms with Crippen molar-refractivity contribution in [2.24, 2.45) is 14.1 Å². The largest absolute Gasteiger partial charge is 0.477 e. The van der Waals surface area contributed by atoms with E-state index in [0.717, 1.165) is 11.1 Å². The summed E-state index contributed by atoms with van der Waals surface area (Å²) in [6.45, 7) is 5.24. The van der Waals surface area contributed by atoms with Crippen molar-refractivity contribution in [3.8, 4) is 11.1 Å². The number of amides is 2. The van der Waals surface area contributed by atoms with Gasteiger partial charge in [-0.2, -0.15) is 0 Å². The highest BCUT2D eigenvalue weighted by Crippen LogP contribution is 2.24. The molecule has 3 rings (SSSR count). The summed E-state index contributed by atoms with van der Waals surface area (Å²) in [5.41, 5.74) is 1.64. The van der Waals surface area contributed by atoms with E-state index in [9.17, 15) is 19.5 Å². The highest BCUT2D eigenvalue weighted by molar-refractivity contribution is 6.02. The summed E-state index contributed by atoms with van der Waals surface area (Å²) in [5, 5.41) is 14.4. The normalized spacial score (nSPS) is 11.2. The maximum absolute atomic E-state index is 12.6. The Bertz CT molecular complexity index is 1170. The van der Waals surface area contributed by atoms with Crippen LogP contribution in [0.3, 0.4) is 0 Å². The van der Waals surface area contributed by atoms with Gasteiger partial charge in [0.15, 0.2) is 5.82 Å². The molecule has 1 aromatic carbocycles. The first kappa shape index (κ1) is 22.6. The van der Waals surface area contributed by atoms with Gasteiger partial charge in [-0.15, -0.1) is 0 Å². The zero-order valence-electron chi connectivity index (χ0n) is 18.5. The number of carboxylic acids is 1. The lowest BCUT2D eigenvalue weighted by molar-refractivity contribution is 0.0633. The Hall–Kier alpha value is -4.08. The summed E-state index contributed by atoms with van der Waals surface area (Å²) in [6.07, 6.45) is 2.58. The molecule has 0 aliphatic heterocycles. The first-order chi connectivity index (χ1) is 14.9. The Morgan fingerprint density at radius 2 is 1.62 bits per heavy atom. The third-order valence-corrected chi connectivity index (χ3v) is 4.41. The molecule has 0 saturated carbocycles. The van der Waals surface area contributed by atoms with Crippen molar-refractivity contribution in [1.82, 2.24) is 14.1 Å². The van der Waals surface area contributed by atoms with Crippen molar-refractivity contribution in [2.45, 2.75) is 26.4 Å². The minimum absolute atomic E-state index is 0.106. The Labute approximate surface area is 184 Å². The van der Waals surface area contributed by atoms with Crippen LogP contribution in [0.1, 0.15) is 41.9 Å². The smallest absolute Gasteiger partial charge is 0.413 e. The second-order valence-electron chi connectivity index (χ2n) is 8.25. The van der Waals surface area contributed by atoms with Gasteiger partial charge in [-0.1, -0.05) is 12.1 Å². The van der Waals surface area contributed by atoms with Gasteiger partial charge in [-0.3, -0.25) is 10.1 Å². The van der Waals surface area contributed by atoms with Crippen LogP contribution in [0.2, 0.25) is 0 Å². The van der Waals surface area contributed by atoms with E-state index in [1.807, 2.05) is 0 Å².